The van der Waals surface area contributed by atoms with Crippen molar-refractivity contribution in [1.82, 2.24) is 9.80 Å². The average molecular weight is 292 g/mol. The first-order valence-electron chi connectivity index (χ1n) is 8.75. The van der Waals surface area contributed by atoms with Gasteiger partial charge in [-0.1, -0.05) is 19.3 Å². The van der Waals surface area contributed by atoms with Crippen molar-refractivity contribution >= 4 is 11.8 Å². The molecule has 1 saturated carbocycles. The van der Waals surface area contributed by atoms with E-state index in [1.165, 1.54) is 19.3 Å². The molecule has 3 fully saturated rings. The zero-order valence-corrected chi connectivity index (χ0v) is 13.3. The van der Waals surface area contributed by atoms with Gasteiger partial charge in [0.25, 0.3) is 0 Å². The van der Waals surface area contributed by atoms with Crippen LogP contribution in [-0.2, 0) is 9.59 Å². The molecule has 4 nitrogen and oxygen atoms in total. The molecule has 0 N–H and O–H groups in total. The third-order valence-electron chi connectivity index (χ3n) is 5.77. The van der Waals surface area contributed by atoms with Crippen molar-refractivity contribution in [3.8, 4) is 0 Å². The van der Waals surface area contributed by atoms with E-state index in [1.807, 2.05) is 11.8 Å². The number of rotatable bonds is 2. The van der Waals surface area contributed by atoms with Crippen LogP contribution in [0.25, 0.3) is 0 Å². The molecule has 1 spiro atoms. The van der Waals surface area contributed by atoms with Crippen molar-refractivity contribution in [3.05, 3.63) is 0 Å². The summed E-state index contributed by atoms with van der Waals surface area (Å²) in [5.74, 6) is 0.806. The van der Waals surface area contributed by atoms with E-state index in [0.29, 0.717) is 12.3 Å². The molecule has 4 heteroatoms. The summed E-state index contributed by atoms with van der Waals surface area (Å²) in [6.45, 7) is 4.43. The molecule has 118 valence electrons. The van der Waals surface area contributed by atoms with Gasteiger partial charge in [0.15, 0.2) is 0 Å². The number of carbonyl (C=O) groups is 2. The molecule has 2 aliphatic heterocycles. The first-order chi connectivity index (χ1) is 10.2. The lowest BCUT2D eigenvalue weighted by atomic mass is 9.82. The van der Waals surface area contributed by atoms with Gasteiger partial charge in [-0.2, -0.15) is 0 Å². The molecule has 2 amide bonds. The number of likely N-dealkylation sites (N-methyl/N-ethyl adjacent to an activating group) is 1. The third kappa shape index (κ3) is 2.69. The van der Waals surface area contributed by atoms with Crippen LogP contribution in [0.3, 0.4) is 0 Å². The Morgan fingerprint density at radius 2 is 1.95 bits per heavy atom. The predicted octanol–water partition coefficient (Wildman–Crippen LogP) is 2.57. The quantitative estimate of drug-likeness (QED) is 0.785. The van der Waals surface area contributed by atoms with Gasteiger partial charge in [0, 0.05) is 25.6 Å². The molecule has 0 aromatic heterocycles. The summed E-state index contributed by atoms with van der Waals surface area (Å²) >= 11 is 0. The van der Waals surface area contributed by atoms with Crippen LogP contribution in [0.15, 0.2) is 0 Å². The standard InChI is InChI=1S/C17H28N2O2/c1-2-18-13-17(12-15(18)20)10-6-7-11-19(17)16(21)14-8-4-3-5-9-14/h14H,2-13H2,1H3. The van der Waals surface area contributed by atoms with E-state index in [1.54, 1.807) is 0 Å². The van der Waals surface area contributed by atoms with Crippen LogP contribution in [0.5, 0.6) is 0 Å². The molecule has 0 radical (unpaired) electrons. The fourth-order valence-electron chi connectivity index (χ4n) is 4.54. The average Bonchev–Trinajstić information content (AvgIpc) is 2.84. The molecule has 21 heavy (non-hydrogen) atoms. The fraction of sp³-hybridized carbons (Fsp3) is 0.882. The molecular weight excluding hydrogens is 264 g/mol. The minimum atomic E-state index is -0.181. The smallest absolute Gasteiger partial charge is 0.226 e. The van der Waals surface area contributed by atoms with Crippen LogP contribution in [0.1, 0.15) is 64.7 Å². The van der Waals surface area contributed by atoms with E-state index < -0.39 is 0 Å². The molecule has 3 rings (SSSR count). The molecule has 1 unspecified atom stereocenters. The highest BCUT2D eigenvalue weighted by Gasteiger charge is 2.50. The number of hydrogen-bond acceptors (Lipinski definition) is 2. The Labute approximate surface area is 127 Å². The molecule has 2 saturated heterocycles. The van der Waals surface area contributed by atoms with Gasteiger partial charge in [-0.15, -0.1) is 0 Å². The van der Waals surface area contributed by atoms with Crippen LogP contribution < -0.4 is 0 Å². The minimum Gasteiger partial charge on any atom is -0.341 e. The zero-order chi connectivity index (χ0) is 14.9. The summed E-state index contributed by atoms with van der Waals surface area (Å²) < 4.78 is 0. The second-order valence-electron chi connectivity index (χ2n) is 7.09. The van der Waals surface area contributed by atoms with Crippen LogP contribution in [0, 0.1) is 5.92 Å². The van der Waals surface area contributed by atoms with Crippen LogP contribution in [0.2, 0.25) is 0 Å². The van der Waals surface area contributed by atoms with E-state index in [2.05, 4.69) is 4.90 Å². The summed E-state index contributed by atoms with van der Waals surface area (Å²) in [4.78, 5) is 29.3. The molecule has 0 aromatic carbocycles. The second-order valence-corrected chi connectivity index (χ2v) is 7.09. The Balaban J connectivity index is 1.78. The van der Waals surface area contributed by atoms with Gasteiger partial charge < -0.3 is 9.80 Å². The maximum Gasteiger partial charge on any atom is 0.226 e. The van der Waals surface area contributed by atoms with Crippen molar-refractivity contribution in [3.63, 3.8) is 0 Å². The summed E-state index contributed by atoms with van der Waals surface area (Å²) in [5, 5.41) is 0. The first kappa shape index (κ1) is 14.9. The van der Waals surface area contributed by atoms with Gasteiger partial charge >= 0.3 is 0 Å². The molecule has 1 aliphatic carbocycles. The number of nitrogens with zero attached hydrogens (tertiary/aromatic N) is 2. The van der Waals surface area contributed by atoms with Gasteiger partial charge in [-0.3, -0.25) is 9.59 Å². The molecular formula is C17H28N2O2. The highest BCUT2D eigenvalue weighted by Crippen LogP contribution is 2.39. The largest absolute Gasteiger partial charge is 0.341 e. The third-order valence-corrected chi connectivity index (χ3v) is 5.77. The lowest BCUT2D eigenvalue weighted by molar-refractivity contribution is -0.145. The summed E-state index contributed by atoms with van der Waals surface area (Å²) in [6.07, 6.45) is 9.58. The SMILES string of the molecule is CCN1CC2(CCCCN2C(=O)C2CCCCC2)CC1=O. The van der Waals surface area contributed by atoms with Crippen LogP contribution in [0.4, 0.5) is 0 Å². The maximum atomic E-state index is 13.0. The topological polar surface area (TPSA) is 40.6 Å². The Hall–Kier alpha value is -1.06. The van der Waals surface area contributed by atoms with Crippen molar-refractivity contribution in [2.45, 2.75) is 70.3 Å². The second kappa shape index (κ2) is 5.98. The van der Waals surface area contributed by atoms with E-state index in [-0.39, 0.29) is 17.4 Å². The summed E-state index contributed by atoms with van der Waals surface area (Å²) in [7, 11) is 0. The Morgan fingerprint density at radius 1 is 1.19 bits per heavy atom. The van der Waals surface area contributed by atoms with Crippen molar-refractivity contribution in [2.75, 3.05) is 19.6 Å². The molecule has 1 atom stereocenters. The highest BCUT2D eigenvalue weighted by atomic mass is 16.2. The number of piperidine rings is 1. The van der Waals surface area contributed by atoms with Crippen molar-refractivity contribution in [1.29, 1.82) is 0 Å². The highest BCUT2D eigenvalue weighted by molar-refractivity contribution is 5.85. The number of hydrogen-bond donors (Lipinski definition) is 0. The van der Waals surface area contributed by atoms with Crippen LogP contribution >= 0.6 is 0 Å². The summed E-state index contributed by atoms with van der Waals surface area (Å²) in [6, 6.07) is 0. The van der Waals surface area contributed by atoms with Crippen LogP contribution in [-0.4, -0.2) is 46.8 Å². The fourth-order valence-corrected chi connectivity index (χ4v) is 4.54. The Kier molecular flexibility index (Phi) is 4.23. The molecule has 0 bridgehead atoms. The lowest BCUT2D eigenvalue weighted by Crippen LogP contribution is -2.57. The Bertz CT molecular complexity index is 417. The van der Waals surface area contributed by atoms with Gasteiger partial charge in [0.2, 0.25) is 11.8 Å². The zero-order valence-electron chi connectivity index (χ0n) is 13.3. The van der Waals surface area contributed by atoms with Gasteiger partial charge in [0.1, 0.15) is 0 Å². The normalized spacial score (nSPS) is 31.2. The van der Waals surface area contributed by atoms with E-state index in [9.17, 15) is 9.59 Å². The van der Waals surface area contributed by atoms with Crippen molar-refractivity contribution < 1.29 is 9.59 Å². The molecule has 3 aliphatic rings. The maximum absolute atomic E-state index is 13.0. The van der Waals surface area contributed by atoms with Gasteiger partial charge in [-0.25, -0.2) is 0 Å². The van der Waals surface area contributed by atoms with Gasteiger partial charge in [-0.05, 0) is 39.0 Å². The predicted molar refractivity (Wildman–Crippen MR) is 81.7 cm³/mol. The number of likely N-dealkylation sites (tertiary alicyclic amines) is 2. The molecule has 2 heterocycles. The monoisotopic (exact) mass is 292 g/mol. The Morgan fingerprint density at radius 3 is 2.62 bits per heavy atom. The van der Waals surface area contributed by atoms with E-state index in [4.69, 9.17) is 0 Å². The lowest BCUT2D eigenvalue weighted by Gasteiger charge is -2.46. The van der Waals surface area contributed by atoms with E-state index in [0.717, 1.165) is 51.7 Å². The van der Waals surface area contributed by atoms with E-state index >= 15 is 0 Å². The summed E-state index contributed by atoms with van der Waals surface area (Å²) in [5.41, 5.74) is -0.181. The van der Waals surface area contributed by atoms with Gasteiger partial charge in [0.05, 0.1) is 12.0 Å². The minimum absolute atomic E-state index is 0.181. The number of carbonyl (C=O) groups excluding carboxylic acids is 2. The first-order valence-corrected chi connectivity index (χ1v) is 8.75. The number of amides is 2. The van der Waals surface area contributed by atoms with Crippen molar-refractivity contribution in [2.24, 2.45) is 5.92 Å². The molecule has 0 aromatic rings.